The molecule has 0 bridgehead atoms. The lowest BCUT2D eigenvalue weighted by Crippen LogP contribution is -2.22. The smallest absolute Gasteiger partial charge is 0.124 e. The van der Waals surface area contributed by atoms with Crippen molar-refractivity contribution in [2.45, 2.75) is 25.9 Å². The Balaban J connectivity index is 2.15. The van der Waals surface area contributed by atoms with Gasteiger partial charge in [0.2, 0.25) is 0 Å². The zero-order chi connectivity index (χ0) is 13.8. The molecule has 1 aromatic carbocycles. The summed E-state index contributed by atoms with van der Waals surface area (Å²) in [7, 11) is 0. The lowest BCUT2D eigenvalue weighted by atomic mass is 10.0. The third-order valence-electron chi connectivity index (χ3n) is 3.20. The molecule has 4 nitrogen and oxygen atoms in total. The SMILES string of the molecule is CC(N[C@@H](C)c1ccncc1)c1c(O)cccc1O. The van der Waals surface area contributed by atoms with Gasteiger partial charge < -0.3 is 15.5 Å². The van der Waals surface area contributed by atoms with Crippen LogP contribution in [0.15, 0.2) is 42.7 Å². The summed E-state index contributed by atoms with van der Waals surface area (Å²) >= 11 is 0. The van der Waals surface area contributed by atoms with Gasteiger partial charge in [-0.2, -0.15) is 0 Å². The molecule has 2 aromatic rings. The maximum absolute atomic E-state index is 9.84. The van der Waals surface area contributed by atoms with Gasteiger partial charge >= 0.3 is 0 Å². The van der Waals surface area contributed by atoms with Crippen LogP contribution < -0.4 is 5.32 Å². The quantitative estimate of drug-likeness (QED) is 0.789. The van der Waals surface area contributed by atoms with E-state index in [9.17, 15) is 10.2 Å². The highest BCUT2D eigenvalue weighted by Gasteiger charge is 2.17. The van der Waals surface area contributed by atoms with E-state index in [2.05, 4.69) is 10.3 Å². The summed E-state index contributed by atoms with van der Waals surface area (Å²) in [5.74, 6) is 0.198. The molecule has 0 aliphatic rings. The van der Waals surface area contributed by atoms with Gasteiger partial charge in [0, 0.05) is 24.5 Å². The summed E-state index contributed by atoms with van der Waals surface area (Å²) in [6.45, 7) is 3.94. The predicted molar refractivity (Wildman–Crippen MR) is 74.0 cm³/mol. The molecule has 0 saturated carbocycles. The number of nitrogens with zero attached hydrogens (tertiary/aromatic N) is 1. The zero-order valence-corrected chi connectivity index (χ0v) is 11.0. The summed E-state index contributed by atoms with van der Waals surface area (Å²) in [6.07, 6.45) is 3.49. The second-order valence-electron chi connectivity index (χ2n) is 4.60. The van der Waals surface area contributed by atoms with Gasteiger partial charge in [-0.1, -0.05) is 6.07 Å². The highest BCUT2D eigenvalue weighted by atomic mass is 16.3. The predicted octanol–water partition coefficient (Wildman–Crippen LogP) is 2.90. The summed E-state index contributed by atoms with van der Waals surface area (Å²) in [5, 5.41) is 23.0. The Morgan fingerprint density at radius 2 is 1.53 bits per heavy atom. The third kappa shape index (κ3) is 3.03. The number of phenols is 2. The Kier molecular flexibility index (Phi) is 4.02. The summed E-state index contributed by atoms with van der Waals surface area (Å²) in [4.78, 5) is 3.99. The molecule has 1 aromatic heterocycles. The van der Waals surface area contributed by atoms with Gasteiger partial charge in [0.05, 0.1) is 5.56 Å². The van der Waals surface area contributed by atoms with Crippen molar-refractivity contribution in [1.82, 2.24) is 10.3 Å². The van der Waals surface area contributed by atoms with E-state index in [1.165, 1.54) is 0 Å². The average Bonchev–Trinajstić information content (AvgIpc) is 2.39. The van der Waals surface area contributed by atoms with E-state index in [4.69, 9.17) is 0 Å². The Morgan fingerprint density at radius 1 is 0.947 bits per heavy atom. The number of pyridine rings is 1. The van der Waals surface area contributed by atoms with Gasteiger partial charge in [-0.15, -0.1) is 0 Å². The van der Waals surface area contributed by atoms with Crippen molar-refractivity contribution in [3.8, 4) is 11.5 Å². The molecule has 100 valence electrons. The van der Waals surface area contributed by atoms with E-state index in [1.807, 2.05) is 26.0 Å². The number of benzene rings is 1. The molecule has 1 unspecified atom stereocenters. The summed E-state index contributed by atoms with van der Waals surface area (Å²) < 4.78 is 0. The van der Waals surface area contributed by atoms with Crippen LogP contribution in [0.3, 0.4) is 0 Å². The van der Waals surface area contributed by atoms with Crippen molar-refractivity contribution in [1.29, 1.82) is 0 Å². The fourth-order valence-corrected chi connectivity index (χ4v) is 2.19. The molecule has 0 amide bonds. The Morgan fingerprint density at radius 3 is 2.11 bits per heavy atom. The van der Waals surface area contributed by atoms with Crippen LogP contribution in [-0.4, -0.2) is 15.2 Å². The number of nitrogens with one attached hydrogen (secondary N) is 1. The van der Waals surface area contributed by atoms with E-state index in [1.54, 1.807) is 30.6 Å². The zero-order valence-electron chi connectivity index (χ0n) is 11.0. The average molecular weight is 258 g/mol. The highest BCUT2D eigenvalue weighted by Crippen LogP contribution is 2.33. The number of rotatable bonds is 4. The first-order valence-electron chi connectivity index (χ1n) is 6.26. The van der Waals surface area contributed by atoms with E-state index in [0.717, 1.165) is 5.56 Å². The number of aromatic nitrogens is 1. The minimum Gasteiger partial charge on any atom is -0.507 e. The molecular weight excluding hydrogens is 240 g/mol. The largest absolute Gasteiger partial charge is 0.507 e. The molecule has 1 heterocycles. The molecule has 0 aliphatic heterocycles. The lowest BCUT2D eigenvalue weighted by Gasteiger charge is -2.22. The van der Waals surface area contributed by atoms with Crippen molar-refractivity contribution in [2.24, 2.45) is 0 Å². The Hall–Kier alpha value is -2.07. The van der Waals surface area contributed by atoms with Crippen molar-refractivity contribution >= 4 is 0 Å². The molecule has 19 heavy (non-hydrogen) atoms. The van der Waals surface area contributed by atoms with Crippen LogP contribution in [0.2, 0.25) is 0 Å². The van der Waals surface area contributed by atoms with Crippen LogP contribution in [-0.2, 0) is 0 Å². The summed E-state index contributed by atoms with van der Waals surface area (Å²) in [5.41, 5.74) is 1.63. The molecular formula is C15H18N2O2. The Labute approximate surface area is 112 Å². The fraction of sp³-hybridized carbons (Fsp3) is 0.267. The van der Waals surface area contributed by atoms with Crippen molar-refractivity contribution in [2.75, 3.05) is 0 Å². The van der Waals surface area contributed by atoms with Gasteiger partial charge in [0.15, 0.2) is 0 Å². The van der Waals surface area contributed by atoms with Gasteiger partial charge in [-0.05, 0) is 43.7 Å². The standard InChI is InChI=1S/C15H18N2O2/c1-10(12-6-8-16-9-7-12)17-11(2)15-13(18)4-3-5-14(15)19/h3-11,17-19H,1-2H3/t10-,11?/m0/s1. The van der Waals surface area contributed by atoms with Gasteiger partial charge in [-0.3, -0.25) is 4.98 Å². The Bertz CT molecular complexity index is 523. The van der Waals surface area contributed by atoms with E-state index >= 15 is 0 Å². The van der Waals surface area contributed by atoms with Crippen LogP contribution >= 0.6 is 0 Å². The number of hydrogen-bond donors (Lipinski definition) is 3. The second-order valence-corrected chi connectivity index (χ2v) is 4.60. The second kappa shape index (κ2) is 5.71. The molecule has 0 fully saturated rings. The van der Waals surface area contributed by atoms with E-state index in [-0.39, 0.29) is 23.6 Å². The molecule has 2 rings (SSSR count). The van der Waals surface area contributed by atoms with E-state index in [0.29, 0.717) is 5.56 Å². The number of hydrogen-bond acceptors (Lipinski definition) is 4. The summed E-state index contributed by atoms with van der Waals surface area (Å²) in [6, 6.07) is 8.58. The molecule has 0 saturated heterocycles. The van der Waals surface area contributed by atoms with Gasteiger partial charge in [0.1, 0.15) is 11.5 Å². The van der Waals surface area contributed by atoms with Crippen LogP contribution in [0, 0.1) is 0 Å². The monoisotopic (exact) mass is 258 g/mol. The van der Waals surface area contributed by atoms with Crippen LogP contribution in [0.1, 0.15) is 37.1 Å². The van der Waals surface area contributed by atoms with Gasteiger partial charge in [0.25, 0.3) is 0 Å². The van der Waals surface area contributed by atoms with E-state index < -0.39 is 0 Å². The minimum atomic E-state index is -0.163. The topological polar surface area (TPSA) is 65.4 Å². The molecule has 3 N–H and O–H groups in total. The first kappa shape index (κ1) is 13.4. The maximum atomic E-state index is 9.84. The molecule has 0 radical (unpaired) electrons. The van der Waals surface area contributed by atoms with Crippen molar-refractivity contribution in [3.05, 3.63) is 53.9 Å². The van der Waals surface area contributed by atoms with Crippen LogP contribution in [0.25, 0.3) is 0 Å². The van der Waals surface area contributed by atoms with Crippen molar-refractivity contribution < 1.29 is 10.2 Å². The molecule has 0 spiro atoms. The first-order valence-corrected chi connectivity index (χ1v) is 6.26. The third-order valence-corrected chi connectivity index (χ3v) is 3.20. The molecule has 2 atom stereocenters. The molecule has 4 heteroatoms. The highest BCUT2D eigenvalue weighted by molar-refractivity contribution is 5.45. The van der Waals surface area contributed by atoms with Crippen LogP contribution in [0.4, 0.5) is 0 Å². The van der Waals surface area contributed by atoms with Crippen molar-refractivity contribution in [3.63, 3.8) is 0 Å². The minimum absolute atomic E-state index is 0.0945. The number of phenolic OH excluding ortho intramolecular Hbond substituents is 2. The lowest BCUT2D eigenvalue weighted by molar-refractivity contribution is 0.407. The number of aromatic hydroxyl groups is 2. The van der Waals surface area contributed by atoms with Crippen LogP contribution in [0.5, 0.6) is 11.5 Å². The normalized spacial score (nSPS) is 14.0. The molecule has 0 aliphatic carbocycles. The maximum Gasteiger partial charge on any atom is 0.124 e. The van der Waals surface area contributed by atoms with Gasteiger partial charge in [-0.25, -0.2) is 0 Å². The fourth-order valence-electron chi connectivity index (χ4n) is 2.19. The first-order chi connectivity index (χ1) is 9.09.